The first kappa shape index (κ1) is 16.2. The van der Waals surface area contributed by atoms with Crippen LogP contribution < -0.4 is 15.7 Å². The number of hydrogen-bond donors (Lipinski definition) is 2. The van der Waals surface area contributed by atoms with Gasteiger partial charge < -0.3 is 19.6 Å². The molecular formula is C17H12N3O5-. The Hall–Kier alpha value is -3.68. The van der Waals surface area contributed by atoms with Crippen molar-refractivity contribution in [3.05, 3.63) is 59.5 Å². The summed E-state index contributed by atoms with van der Waals surface area (Å²) >= 11 is 0. The molecule has 0 bridgehead atoms. The molecule has 3 aromatic rings. The third kappa shape index (κ3) is 3.32. The molecule has 0 fully saturated rings. The molecule has 2 aromatic carbocycles. The second-order valence-corrected chi connectivity index (χ2v) is 5.21. The van der Waals surface area contributed by atoms with Gasteiger partial charge in [-0.1, -0.05) is 12.1 Å². The first-order valence-electron chi connectivity index (χ1n) is 7.22. The van der Waals surface area contributed by atoms with E-state index in [-0.39, 0.29) is 16.8 Å². The monoisotopic (exact) mass is 338 g/mol. The highest BCUT2D eigenvalue weighted by Crippen LogP contribution is 2.18. The van der Waals surface area contributed by atoms with Crippen molar-refractivity contribution in [1.29, 1.82) is 0 Å². The first-order chi connectivity index (χ1) is 12.0. The van der Waals surface area contributed by atoms with Crippen LogP contribution in [0.4, 0.5) is 10.5 Å². The number of hydrogen-bond acceptors (Lipinski definition) is 6. The van der Waals surface area contributed by atoms with E-state index in [1.807, 2.05) is 0 Å². The fraction of sp³-hybridized carbons (Fsp3) is 0.0588. The van der Waals surface area contributed by atoms with Gasteiger partial charge in [0.1, 0.15) is 5.52 Å². The molecule has 0 atom stereocenters. The second-order valence-electron chi connectivity index (χ2n) is 5.21. The summed E-state index contributed by atoms with van der Waals surface area (Å²) in [5, 5.41) is 15.6. The van der Waals surface area contributed by atoms with Crippen LogP contribution in [0.1, 0.15) is 26.3 Å². The van der Waals surface area contributed by atoms with Crippen LogP contribution in [0.15, 0.2) is 47.2 Å². The number of imide groups is 1. The lowest BCUT2D eigenvalue weighted by atomic mass is 10.1. The third-order valence-electron chi connectivity index (χ3n) is 3.62. The zero-order valence-corrected chi connectivity index (χ0v) is 13.0. The number of anilines is 1. The number of benzene rings is 2. The molecule has 8 nitrogen and oxygen atoms in total. The van der Waals surface area contributed by atoms with Crippen LogP contribution in [-0.2, 0) is 0 Å². The van der Waals surface area contributed by atoms with Gasteiger partial charge in [0, 0.05) is 16.8 Å². The molecule has 8 heteroatoms. The Morgan fingerprint density at radius 2 is 1.96 bits per heavy atom. The van der Waals surface area contributed by atoms with E-state index >= 15 is 0 Å². The lowest BCUT2D eigenvalue weighted by Crippen LogP contribution is -2.34. The van der Waals surface area contributed by atoms with E-state index in [1.54, 1.807) is 6.07 Å². The largest absolute Gasteiger partial charge is 0.545 e. The number of rotatable bonds is 3. The predicted octanol–water partition coefficient (Wildman–Crippen LogP) is 1.46. The summed E-state index contributed by atoms with van der Waals surface area (Å²) in [4.78, 5) is 39.1. The van der Waals surface area contributed by atoms with Gasteiger partial charge in [-0.25, -0.2) is 9.78 Å². The Morgan fingerprint density at radius 1 is 1.16 bits per heavy atom. The highest BCUT2D eigenvalue weighted by molar-refractivity contribution is 6.09. The summed E-state index contributed by atoms with van der Waals surface area (Å²) in [7, 11) is 0. The number of nitrogens with one attached hydrogen (secondary N) is 2. The first-order valence-corrected chi connectivity index (χ1v) is 7.22. The highest BCUT2D eigenvalue weighted by atomic mass is 16.4. The van der Waals surface area contributed by atoms with E-state index in [1.165, 1.54) is 43.6 Å². The molecule has 0 aliphatic rings. The van der Waals surface area contributed by atoms with Gasteiger partial charge in [0.2, 0.25) is 0 Å². The number of aromatic nitrogens is 1. The van der Waals surface area contributed by atoms with Crippen molar-refractivity contribution in [3.8, 4) is 0 Å². The molecule has 0 aliphatic carbocycles. The molecule has 0 aliphatic heterocycles. The van der Waals surface area contributed by atoms with Gasteiger partial charge in [0.15, 0.2) is 12.0 Å². The maximum Gasteiger partial charge on any atom is 0.326 e. The van der Waals surface area contributed by atoms with E-state index in [9.17, 15) is 19.5 Å². The van der Waals surface area contributed by atoms with Crippen LogP contribution in [0, 0.1) is 6.92 Å². The smallest absolute Gasteiger partial charge is 0.326 e. The SMILES string of the molecule is Cc1c(NC(=O)NC(=O)c2ccc3ncoc3c2)cccc1C(=O)[O-]. The molecule has 0 saturated heterocycles. The average molecular weight is 338 g/mol. The van der Waals surface area contributed by atoms with Gasteiger partial charge in [0.05, 0.1) is 5.97 Å². The van der Waals surface area contributed by atoms with Gasteiger partial charge in [-0.2, -0.15) is 0 Å². The molecule has 25 heavy (non-hydrogen) atoms. The molecule has 0 saturated carbocycles. The number of amides is 3. The van der Waals surface area contributed by atoms with E-state index in [4.69, 9.17) is 4.42 Å². The minimum absolute atomic E-state index is 0.0418. The molecule has 2 N–H and O–H groups in total. The van der Waals surface area contributed by atoms with Gasteiger partial charge in [-0.15, -0.1) is 0 Å². The fourth-order valence-corrected chi connectivity index (χ4v) is 2.32. The minimum atomic E-state index is -1.35. The van der Waals surface area contributed by atoms with E-state index in [0.29, 0.717) is 16.7 Å². The van der Waals surface area contributed by atoms with Crippen LogP contribution in [0.2, 0.25) is 0 Å². The van der Waals surface area contributed by atoms with Crippen molar-refractivity contribution in [3.63, 3.8) is 0 Å². The molecule has 0 unspecified atom stereocenters. The number of carboxylic acids is 1. The highest BCUT2D eigenvalue weighted by Gasteiger charge is 2.13. The van der Waals surface area contributed by atoms with Gasteiger partial charge >= 0.3 is 6.03 Å². The number of fused-ring (bicyclic) bond motifs is 1. The van der Waals surface area contributed by atoms with Crippen molar-refractivity contribution in [2.24, 2.45) is 0 Å². The molecule has 3 amide bonds. The number of carbonyl (C=O) groups excluding carboxylic acids is 3. The fourth-order valence-electron chi connectivity index (χ4n) is 2.32. The molecule has 3 rings (SSSR count). The number of urea groups is 1. The van der Waals surface area contributed by atoms with Crippen LogP contribution in [0.25, 0.3) is 11.1 Å². The topological polar surface area (TPSA) is 124 Å². The van der Waals surface area contributed by atoms with Crippen LogP contribution >= 0.6 is 0 Å². The summed E-state index contributed by atoms with van der Waals surface area (Å²) in [6.07, 6.45) is 1.26. The van der Waals surface area contributed by atoms with Crippen molar-refractivity contribution in [2.45, 2.75) is 6.92 Å². The van der Waals surface area contributed by atoms with E-state index in [0.717, 1.165) is 0 Å². The average Bonchev–Trinajstić information content (AvgIpc) is 3.04. The molecule has 0 spiro atoms. The number of oxazole rings is 1. The van der Waals surface area contributed by atoms with Crippen molar-refractivity contribution >= 4 is 34.7 Å². The Balaban J connectivity index is 1.73. The third-order valence-corrected chi connectivity index (χ3v) is 3.62. The summed E-state index contributed by atoms with van der Waals surface area (Å²) in [6.45, 7) is 1.53. The van der Waals surface area contributed by atoms with E-state index < -0.39 is 17.9 Å². The lowest BCUT2D eigenvalue weighted by molar-refractivity contribution is -0.255. The van der Waals surface area contributed by atoms with Crippen LogP contribution in [0.3, 0.4) is 0 Å². The van der Waals surface area contributed by atoms with Crippen molar-refractivity contribution < 1.29 is 23.9 Å². The summed E-state index contributed by atoms with van der Waals surface area (Å²) in [6, 6.07) is 8.13. The quantitative estimate of drug-likeness (QED) is 0.745. The van der Waals surface area contributed by atoms with Crippen LogP contribution in [0.5, 0.6) is 0 Å². The predicted molar refractivity (Wildman–Crippen MR) is 86.0 cm³/mol. The number of carboxylic acid groups (broad SMARTS) is 1. The molecular weight excluding hydrogens is 326 g/mol. The lowest BCUT2D eigenvalue weighted by Gasteiger charge is -2.13. The Morgan fingerprint density at radius 3 is 2.72 bits per heavy atom. The number of aromatic carboxylic acids is 1. The summed E-state index contributed by atoms with van der Waals surface area (Å²) in [5.41, 5.74) is 1.78. The molecule has 126 valence electrons. The second kappa shape index (κ2) is 6.44. The Bertz CT molecular complexity index is 993. The standard InChI is InChI=1S/C17H13N3O5/c1-9-11(16(22)23)3-2-4-12(9)19-17(24)20-15(21)10-5-6-13-14(7-10)25-8-18-13/h2-8H,1H3,(H,22,23)(H2,19,20,21,24)/p-1. The Labute approximate surface area is 141 Å². The molecule has 1 aromatic heterocycles. The van der Waals surface area contributed by atoms with Gasteiger partial charge in [-0.3, -0.25) is 10.1 Å². The summed E-state index contributed by atoms with van der Waals surface area (Å²) < 4.78 is 5.11. The minimum Gasteiger partial charge on any atom is -0.545 e. The molecule has 1 heterocycles. The normalized spacial score (nSPS) is 10.4. The maximum absolute atomic E-state index is 12.1. The van der Waals surface area contributed by atoms with Gasteiger partial charge in [-0.05, 0) is 36.8 Å². The molecule has 0 radical (unpaired) electrons. The zero-order valence-electron chi connectivity index (χ0n) is 13.0. The van der Waals surface area contributed by atoms with Crippen LogP contribution in [-0.4, -0.2) is 22.9 Å². The maximum atomic E-state index is 12.1. The van der Waals surface area contributed by atoms with Crippen molar-refractivity contribution in [2.75, 3.05) is 5.32 Å². The van der Waals surface area contributed by atoms with Gasteiger partial charge in [0.25, 0.3) is 5.91 Å². The number of carbonyl (C=O) groups is 3. The van der Waals surface area contributed by atoms with Crippen molar-refractivity contribution in [1.82, 2.24) is 10.3 Å². The van der Waals surface area contributed by atoms with E-state index in [2.05, 4.69) is 15.6 Å². The number of nitrogens with zero attached hydrogens (tertiary/aromatic N) is 1. The Kier molecular flexibility index (Phi) is 4.17. The summed E-state index contributed by atoms with van der Waals surface area (Å²) in [5.74, 6) is -1.98. The zero-order chi connectivity index (χ0) is 18.0.